The Hall–Kier alpha value is -2.35. The van der Waals surface area contributed by atoms with Crippen molar-refractivity contribution < 1.29 is 0 Å². The number of benzene rings is 2. The molecule has 0 unspecified atom stereocenters. The van der Waals surface area contributed by atoms with E-state index >= 15 is 0 Å². The smallest absolute Gasteiger partial charge is 0.138 e. The molecule has 0 bridgehead atoms. The molecule has 0 atom stereocenters. The molecule has 1 N–H and O–H groups in total. The van der Waals surface area contributed by atoms with Gasteiger partial charge < -0.3 is 4.98 Å². The van der Waals surface area contributed by atoms with Crippen molar-refractivity contribution in [2.75, 3.05) is 0 Å². The van der Waals surface area contributed by atoms with Crippen molar-refractivity contribution in [3.8, 4) is 0 Å². The third-order valence-corrected chi connectivity index (χ3v) is 3.02. The van der Waals surface area contributed by atoms with E-state index in [1.54, 1.807) is 0 Å². The van der Waals surface area contributed by atoms with Crippen molar-refractivity contribution in [3.63, 3.8) is 0 Å². The van der Waals surface area contributed by atoms with Crippen LogP contribution in [0.2, 0.25) is 0 Å². The Balaban J connectivity index is 2.13. The topological polar surface area (TPSA) is 28.7 Å². The van der Waals surface area contributed by atoms with Gasteiger partial charge in [0.2, 0.25) is 0 Å². The van der Waals surface area contributed by atoms with Crippen molar-refractivity contribution >= 4 is 16.6 Å². The highest BCUT2D eigenvalue weighted by molar-refractivity contribution is 5.83. The fourth-order valence-electron chi connectivity index (χ4n) is 2.14. The highest BCUT2D eigenvalue weighted by Crippen LogP contribution is 2.23. The lowest BCUT2D eigenvalue weighted by atomic mass is 10.1. The fraction of sp³-hybridized carbons (Fsp3) is 0.0625. The van der Waals surface area contributed by atoms with Crippen LogP contribution in [0.25, 0.3) is 16.6 Å². The molecule has 0 saturated carbocycles. The highest BCUT2D eigenvalue weighted by atomic mass is 14.9. The van der Waals surface area contributed by atoms with E-state index in [-0.39, 0.29) is 0 Å². The number of fused-ring (bicyclic) bond motifs is 1. The van der Waals surface area contributed by atoms with Crippen LogP contribution in [0.15, 0.2) is 60.7 Å². The average molecular weight is 234 g/mol. The molecule has 0 amide bonds. The minimum atomic E-state index is 0.921. The lowest BCUT2D eigenvalue weighted by Crippen LogP contribution is -1.89. The zero-order valence-electron chi connectivity index (χ0n) is 10.2. The predicted octanol–water partition coefficient (Wildman–Crippen LogP) is 4.01. The number of H-pyrrole nitrogens is 1. The van der Waals surface area contributed by atoms with E-state index in [1.807, 2.05) is 49.4 Å². The molecule has 18 heavy (non-hydrogen) atoms. The van der Waals surface area contributed by atoms with Gasteiger partial charge in [-0.15, -0.1) is 0 Å². The molecule has 0 saturated heterocycles. The summed E-state index contributed by atoms with van der Waals surface area (Å²) in [4.78, 5) is 8.00. The molecule has 3 rings (SSSR count). The van der Waals surface area contributed by atoms with E-state index in [9.17, 15) is 0 Å². The number of para-hydroxylation sites is 2. The Morgan fingerprint density at radius 1 is 1.00 bits per heavy atom. The average Bonchev–Trinajstić information content (AvgIpc) is 2.84. The van der Waals surface area contributed by atoms with Gasteiger partial charge in [-0.05, 0) is 24.6 Å². The van der Waals surface area contributed by atoms with E-state index in [0.29, 0.717) is 0 Å². The number of hydrogen-bond acceptors (Lipinski definition) is 1. The standard InChI is InChI=1S/C16H14N2/c1-2-13(12-8-4-3-5-9-12)16-17-14-10-6-7-11-15(14)18-16/h2-11H,1H3,(H,17,18). The van der Waals surface area contributed by atoms with Crippen LogP contribution in [0, 0.1) is 0 Å². The summed E-state index contributed by atoms with van der Waals surface area (Å²) in [5, 5.41) is 0. The van der Waals surface area contributed by atoms with Crippen molar-refractivity contribution in [1.82, 2.24) is 9.97 Å². The Kier molecular flexibility index (Phi) is 2.69. The summed E-state index contributed by atoms with van der Waals surface area (Å²) in [6.07, 6.45) is 2.09. The number of nitrogens with one attached hydrogen (secondary N) is 1. The maximum atomic E-state index is 4.64. The number of aromatic nitrogens is 2. The van der Waals surface area contributed by atoms with Crippen LogP contribution in [0.4, 0.5) is 0 Å². The Morgan fingerprint density at radius 3 is 2.44 bits per heavy atom. The molecule has 2 nitrogen and oxygen atoms in total. The first-order chi connectivity index (χ1) is 8.88. The third-order valence-electron chi connectivity index (χ3n) is 3.02. The minimum absolute atomic E-state index is 0.921. The summed E-state index contributed by atoms with van der Waals surface area (Å²) in [7, 11) is 0. The third kappa shape index (κ3) is 1.82. The molecule has 88 valence electrons. The van der Waals surface area contributed by atoms with Crippen molar-refractivity contribution in [3.05, 3.63) is 72.1 Å². The van der Waals surface area contributed by atoms with Gasteiger partial charge >= 0.3 is 0 Å². The van der Waals surface area contributed by atoms with Crippen LogP contribution < -0.4 is 0 Å². The second-order valence-corrected chi connectivity index (χ2v) is 4.17. The highest BCUT2D eigenvalue weighted by Gasteiger charge is 2.08. The molecule has 0 aliphatic heterocycles. The van der Waals surface area contributed by atoms with Crippen molar-refractivity contribution in [2.45, 2.75) is 6.92 Å². The van der Waals surface area contributed by atoms with Gasteiger partial charge in [-0.1, -0.05) is 48.5 Å². The Morgan fingerprint density at radius 2 is 1.72 bits per heavy atom. The molecule has 3 aromatic rings. The van der Waals surface area contributed by atoms with Crippen molar-refractivity contribution in [1.29, 1.82) is 0 Å². The maximum absolute atomic E-state index is 4.64. The predicted molar refractivity (Wildman–Crippen MR) is 75.3 cm³/mol. The normalized spacial score (nSPS) is 11.9. The second-order valence-electron chi connectivity index (χ2n) is 4.17. The number of imidazole rings is 1. The van der Waals surface area contributed by atoms with Crippen LogP contribution in [0.5, 0.6) is 0 Å². The zero-order valence-corrected chi connectivity index (χ0v) is 10.2. The SMILES string of the molecule is CC=C(c1ccccc1)c1nc2ccccc2[nH]1. The first-order valence-corrected chi connectivity index (χ1v) is 6.05. The van der Waals surface area contributed by atoms with E-state index in [1.165, 1.54) is 5.56 Å². The van der Waals surface area contributed by atoms with Gasteiger partial charge in [-0.25, -0.2) is 4.98 Å². The van der Waals surface area contributed by atoms with Crippen molar-refractivity contribution in [2.24, 2.45) is 0 Å². The zero-order chi connectivity index (χ0) is 12.4. The first-order valence-electron chi connectivity index (χ1n) is 6.05. The van der Waals surface area contributed by atoms with Gasteiger partial charge in [0, 0.05) is 5.57 Å². The first kappa shape index (κ1) is 10.8. The molecule has 0 aliphatic carbocycles. The molecule has 0 radical (unpaired) electrons. The number of rotatable bonds is 2. The molecule has 1 heterocycles. The fourth-order valence-corrected chi connectivity index (χ4v) is 2.14. The lowest BCUT2D eigenvalue weighted by molar-refractivity contribution is 1.26. The van der Waals surface area contributed by atoms with Crippen LogP contribution in [0.3, 0.4) is 0 Å². The van der Waals surface area contributed by atoms with Gasteiger partial charge in [0.1, 0.15) is 5.82 Å². The molecule has 2 aromatic carbocycles. The summed E-state index contributed by atoms with van der Waals surface area (Å²) in [5.41, 5.74) is 4.39. The summed E-state index contributed by atoms with van der Waals surface area (Å²) < 4.78 is 0. The molecular weight excluding hydrogens is 220 g/mol. The largest absolute Gasteiger partial charge is 0.338 e. The summed E-state index contributed by atoms with van der Waals surface area (Å²) >= 11 is 0. The molecule has 2 heteroatoms. The second kappa shape index (κ2) is 4.49. The monoisotopic (exact) mass is 234 g/mol. The molecule has 0 spiro atoms. The number of nitrogens with zero attached hydrogens (tertiary/aromatic N) is 1. The summed E-state index contributed by atoms with van der Waals surface area (Å²) in [6, 6.07) is 18.4. The summed E-state index contributed by atoms with van der Waals surface area (Å²) in [5.74, 6) is 0.921. The van der Waals surface area contributed by atoms with Gasteiger partial charge in [0.15, 0.2) is 0 Å². The summed E-state index contributed by atoms with van der Waals surface area (Å²) in [6.45, 7) is 2.04. The molecule has 1 aromatic heterocycles. The molecule has 0 fully saturated rings. The van der Waals surface area contributed by atoms with Crippen LogP contribution >= 0.6 is 0 Å². The van der Waals surface area contributed by atoms with E-state index in [0.717, 1.165) is 22.4 Å². The van der Waals surface area contributed by atoms with Gasteiger partial charge in [-0.3, -0.25) is 0 Å². The Bertz CT molecular complexity index is 660. The number of aromatic amines is 1. The van der Waals surface area contributed by atoms with Gasteiger partial charge in [-0.2, -0.15) is 0 Å². The molecular formula is C16H14N2. The van der Waals surface area contributed by atoms with E-state index < -0.39 is 0 Å². The van der Waals surface area contributed by atoms with E-state index in [4.69, 9.17) is 0 Å². The minimum Gasteiger partial charge on any atom is -0.338 e. The maximum Gasteiger partial charge on any atom is 0.138 e. The van der Waals surface area contributed by atoms with Crippen LogP contribution in [0.1, 0.15) is 18.3 Å². The van der Waals surface area contributed by atoms with Gasteiger partial charge in [0.05, 0.1) is 11.0 Å². The van der Waals surface area contributed by atoms with Crippen LogP contribution in [-0.4, -0.2) is 9.97 Å². The quantitative estimate of drug-likeness (QED) is 0.713. The lowest BCUT2D eigenvalue weighted by Gasteiger charge is -2.03. The number of allylic oxidation sites excluding steroid dienone is 1. The number of hydrogen-bond donors (Lipinski definition) is 1. The van der Waals surface area contributed by atoms with Crippen LogP contribution in [-0.2, 0) is 0 Å². The van der Waals surface area contributed by atoms with E-state index in [2.05, 4.69) is 28.2 Å². The Labute approximate surface area is 106 Å². The van der Waals surface area contributed by atoms with Gasteiger partial charge in [0.25, 0.3) is 0 Å². The molecule has 0 aliphatic rings.